The maximum Gasteiger partial charge on any atom is 0.124 e. The molecule has 4 heteroatoms. The van der Waals surface area contributed by atoms with E-state index in [1.165, 1.54) is 12.1 Å². The quantitative estimate of drug-likeness (QED) is 0.754. The molecular formula is C17H18BrClFN. The van der Waals surface area contributed by atoms with Gasteiger partial charge < -0.3 is 5.32 Å². The highest BCUT2D eigenvalue weighted by atomic mass is 79.9. The van der Waals surface area contributed by atoms with Gasteiger partial charge in [0.25, 0.3) is 0 Å². The number of halogens is 3. The Bertz CT molecular complexity index is 603. The summed E-state index contributed by atoms with van der Waals surface area (Å²) < 4.78 is 14.0. The summed E-state index contributed by atoms with van der Waals surface area (Å²) >= 11 is 9.67. The predicted octanol–water partition coefficient (Wildman–Crippen LogP) is 5.00. The smallest absolute Gasteiger partial charge is 0.124 e. The molecule has 0 amide bonds. The van der Waals surface area contributed by atoms with Gasteiger partial charge in [-0.3, -0.25) is 0 Å². The van der Waals surface area contributed by atoms with E-state index in [9.17, 15) is 4.39 Å². The van der Waals surface area contributed by atoms with E-state index in [0.29, 0.717) is 0 Å². The molecule has 2 aromatic rings. The molecule has 1 atom stereocenters. The van der Waals surface area contributed by atoms with E-state index < -0.39 is 0 Å². The van der Waals surface area contributed by atoms with Crippen LogP contribution in [0.2, 0.25) is 5.02 Å². The van der Waals surface area contributed by atoms with Gasteiger partial charge in [0, 0.05) is 15.5 Å². The average Bonchev–Trinajstić information content (AvgIpc) is 2.44. The first-order chi connectivity index (χ1) is 10.1. The summed E-state index contributed by atoms with van der Waals surface area (Å²) in [5.74, 6) is -0.225. The SMILES string of the molecule is CCNC(Cc1ccccc1Cl)Cc1ccc(F)cc1Br. The lowest BCUT2D eigenvalue weighted by atomic mass is 9.99. The number of benzene rings is 2. The van der Waals surface area contributed by atoms with E-state index in [1.807, 2.05) is 30.3 Å². The molecular weight excluding hydrogens is 353 g/mol. The zero-order valence-corrected chi connectivity index (χ0v) is 14.2. The van der Waals surface area contributed by atoms with Gasteiger partial charge in [-0.25, -0.2) is 4.39 Å². The Morgan fingerprint density at radius 1 is 1.14 bits per heavy atom. The molecule has 1 unspecified atom stereocenters. The summed E-state index contributed by atoms with van der Waals surface area (Å²) in [6.45, 7) is 2.97. The fourth-order valence-electron chi connectivity index (χ4n) is 2.39. The van der Waals surface area contributed by atoms with Crippen molar-refractivity contribution in [2.75, 3.05) is 6.54 Å². The van der Waals surface area contributed by atoms with Crippen LogP contribution in [0.5, 0.6) is 0 Å². The molecule has 0 heterocycles. The number of likely N-dealkylation sites (N-methyl/N-ethyl adjacent to an activating group) is 1. The molecule has 2 aromatic carbocycles. The standard InChI is InChI=1S/C17H18BrClFN/c1-2-21-15(10-13-5-3-4-6-17(13)19)9-12-7-8-14(20)11-16(12)18/h3-8,11,15,21H,2,9-10H2,1H3. The molecule has 0 aliphatic carbocycles. The first-order valence-corrected chi connectivity index (χ1v) is 8.18. The van der Waals surface area contributed by atoms with Crippen molar-refractivity contribution in [2.24, 2.45) is 0 Å². The van der Waals surface area contributed by atoms with Crippen molar-refractivity contribution >= 4 is 27.5 Å². The monoisotopic (exact) mass is 369 g/mol. The second-order valence-electron chi connectivity index (χ2n) is 4.99. The third-order valence-electron chi connectivity index (χ3n) is 3.40. The summed E-state index contributed by atoms with van der Waals surface area (Å²) in [5, 5.41) is 4.27. The molecule has 1 N–H and O–H groups in total. The summed E-state index contributed by atoms with van der Waals surface area (Å²) in [7, 11) is 0. The van der Waals surface area contributed by atoms with Crippen molar-refractivity contribution in [1.82, 2.24) is 5.32 Å². The first-order valence-electron chi connectivity index (χ1n) is 7.01. The van der Waals surface area contributed by atoms with Gasteiger partial charge in [0.15, 0.2) is 0 Å². The Labute approximate surface area is 138 Å². The molecule has 0 spiro atoms. The van der Waals surface area contributed by atoms with Gasteiger partial charge in [0.2, 0.25) is 0 Å². The molecule has 0 saturated carbocycles. The van der Waals surface area contributed by atoms with Crippen LogP contribution in [0.25, 0.3) is 0 Å². The summed E-state index contributed by atoms with van der Waals surface area (Å²) in [4.78, 5) is 0. The van der Waals surface area contributed by atoms with Crippen LogP contribution in [0, 0.1) is 5.82 Å². The van der Waals surface area contributed by atoms with Gasteiger partial charge in [-0.05, 0) is 48.7 Å². The molecule has 0 aliphatic rings. The van der Waals surface area contributed by atoms with Crippen LogP contribution in [0.4, 0.5) is 4.39 Å². The second-order valence-corrected chi connectivity index (χ2v) is 6.25. The number of nitrogens with one attached hydrogen (secondary N) is 1. The molecule has 0 saturated heterocycles. The zero-order chi connectivity index (χ0) is 15.2. The largest absolute Gasteiger partial charge is 0.314 e. The van der Waals surface area contributed by atoms with Crippen LogP contribution >= 0.6 is 27.5 Å². The summed E-state index contributed by atoms with van der Waals surface area (Å²) in [6, 6.07) is 13.0. The minimum Gasteiger partial charge on any atom is -0.314 e. The van der Waals surface area contributed by atoms with Crippen LogP contribution in [0.15, 0.2) is 46.9 Å². The third-order valence-corrected chi connectivity index (χ3v) is 4.51. The van der Waals surface area contributed by atoms with Gasteiger partial charge in [-0.2, -0.15) is 0 Å². The van der Waals surface area contributed by atoms with Gasteiger partial charge in [0.05, 0.1) is 0 Å². The van der Waals surface area contributed by atoms with Gasteiger partial charge in [-0.15, -0.1) is 0 Å². The van der Waals surface area contributed by atoms with Crippen LogP contribution < -0.4 is 5.32 Å². The van der Waals surface area contributed by atoms with E-state index in [2.05, 4.69) is 28.2 Å². The Morgan fingerprint density at radius 2 is 1.86 bits per heavy atom. The number of hydrogen-bond acceptors (Lipinski definition) is 1. The number of rotatable bonds is 6. The average molecular weight is 371 g/mol. The molecule has 0 bridgehead atoms. The predicted molar refractivity (Wildman–Crippen MR) is 90.4 cm³/mol. The highest BCUT2D eigenvalue weighted by Crippen LogP contribution is 2.22. The van der Waals surface area contributed by atoms with Crippen molar-refractivity contribution in [2.45, 2.75) is 25.8 Å². The lowest BCUT2D eigenvalue weighted by molar-refractivity contribution is 0.520. The van der Waals surface area contributed by atoms with Crippen LogP contribution in [0.3, 0.4) is 0 Å². The molecule has 112 valence electrons. The molecule has 0 aliphatic heterocycles. The first kappa shape index (κ1) is 16.5. The van der Waals surface area contributed by atoms with Crippen LogP contribution in [-0.2, 0) is 12.8 Å². The lowest BCUT2D eigenvalue weighted by Gasteiger charge is -2.19. The minimum atomic E-state index is -0.225. The van der Waals surface area contributed by atoms with Gasteiger partial charge >= 0.3 is 0 Å². The molecule has 0 fully saturated rings. The van der Waals surface area contributed by atoms with E-state index in [-0.39, 0.29) is 11.9 Å². The molecule has 1 nitrogen and oxygen atoms in total. The Morgan fingerprint density at radius 3 is 2.52 bits per heavy atom. The van der Waals surface area contributed by atoms with Gasteiger partial charge in [0.1, 0.15) is 5.82 Å². The topological polar surface area (TPSA) is 12.0 Å². The molecule has 21 heavy (non-hydrogen) atoms. The minimum absolute atomic E-state index is 0.225. The molecule has 0 radical (unpaired) electrons. The van der Waals surface area contributed by atoms with Crippen molar-refractivity contribution in [3.05, 3.63) is 68.9 Å². The Kier molecular flexibility index (Phi) is 6.22. The molecule has 0 aromatic heterocycles. The second kappa shape index (κ2) is 7.92. The van der Waals surface area contributed by atoms with E-state index in [4.69, 9.17) is 11.6 Å². The maximum atomic E-state index is 13.2. The summed E-state index contributed by atoms with van der Waals surface area (Å²) in [6.07, 6.45) is 1.66. The van der Waals surface area contributed by atoms with Crippen molar-refractivity contribution < 1.29 is 4.39 Å². The third kappa shape index (κ3) is 4.80. The van der Waals surface area contributed by atoms with E-state index in [1.54, 1.807) is 0 Å². The summed E-state index contributed by atoms with van der Waals surface area (Å²) in [5.41, 5.74) is 2.22. The highest BCUT2D eigenvalue weighted by molar-refractivity contribution is 9.10. The van der Waals surface area contributed by atoms with E-state index in [0.717, 1.165) is 40.0 Å². The Balaban J connectivity index is 2.14. The highest BCUT2D eigenvalue weighted by Gasteiger charge is 2.13. The van der Waals surface area contributed by atoms with Gasteiger partial charge in [-0.1, -0.05) is 58.7 Å². The zero-order valence-electron chi connectivity index (χ0n) is 11.9. The number of hydrogen-bond donors (Lipinski definition) is 1. The van der Waals surface area contributed by atoms with Crippen molar-refractivity contribution in [3.8, 4) is 0 Å². The van der Waals surface area contributed by atoms with Crippen LogP contribution in [-0.4, -0.2) is 12.6 Å². The van der Waals surface area contributed by atoms with E-state index >= 15 is 0 Å². The maximum absolute atomic E-state index is 13.2. The normalized spacial score (nSPS) is 12.4. The fraction of sp³-hybridized carbons (Fsp3) is 0.294. The lowest BCUT2D eigenvalue weighted by Crippen LogP contribution is -2.33. The molecule has 2 rings (SSSR count). The van der Waals surface area contributed by atoms with Crippen LogP contribution in [0.1, 0.15) is 18.1 Å². The fourth-order valence-corrected chi connectivity index (χ4v) is 3.11. The van der Waals surface area contributed by atoms with Crippen molar-refractivity contribution in [3.63, 3.8) is 0 Å². The Hall–Kier alpha value is -0.900. The van der Waals surface area contributed by atoms with Crippen molar-refractivity contribution in [1.29, 1.82) is 0 Å².